The standard InChI is InChI=1S/C13H20ClNO/c1-10(16-3)7-13(15-2)9-11-5-4-6-12(14)8-11/h4-6,8,10,13,15H,7,9H2,1-3H3. The number of likely N-dealkylation sites (N-methyl/N-ethyl adjacent to an activating group) is 1. The SMILES string of the molecule is CNC(Cc1cccc(Cl)c1)CC(C)OC. The van der Waals surface area contributed by atoms with Gasteiger partial charge >= 0.3 is 0 Å². The van der Waals surface area contributed by atoms with Gasteiger partial charge in [0.2, 0.25) is 0 Å². The van der Waals surface area contributed by atoms with E-state index in [0.717, 1.165) is 17.9 Å². The second kappa shape index (κ2) is 6.89. The van der Waals surface area contributed by atoms with Gasteiger partial charge in [0.1, 0.15) is 0 Å². The first-order valence-electron chi connectivity index (χ1n) is 5.60. The molecule has 2 nitrogen and oxygen atoms in total. The first kappa shape index (κ1) is 13.5. The van der Waals surface area contributed by atoms with Crippen molar-refractivity contribution in [2.45, 2.75) is 31.9 Å². The average molecular weight is 242 g/mol. The van der Waals surface area contributed by atoms with E-state index in [-0.39, 0.29) is 6.10 Å². The topological polar surface area (TPSA) is 21.3 Å². The Balaban J connectivity index is 2.56. The van der Waals surface area contributed by atoms with Crippen molar-refractivity contribution < 1.29 is 4.74 Å². The molecular weight excluding hydrogens is 222 g/mol. The number of rotatable bonds is 6. The fraction of sp³-hybridized carbons (Fsp3) is 0.538. The molecule has 0 saturated carbocycles. The highest BCUT2D eigenvalue weighted by Gasteiger charge is 2.11. The number of nitrogens with one attached hydrogen (secondary N) is 1. The summed E-state index contributed by atoms with van der Waals surface area (Å²) in [5.74, 6) is 0. The van der Waals surface area contributed by atoms with E-state index in [1.54, 1.807) is 7.11 Å². The smallest absolute Gasteiger partial charge is 0.0558 e. The molecule has 2 atom stereocenters. The molecule has 0 fully saturated rings. The fourth-order valence-electron chi connectivity index (χ4n) is 1.75. The first-order chi connectivity index (χ1) is 7.65. The summed E-state index contributed by atoms with van der Waals surface area (Å²) < 4.78 is 5.28. The van der Waals surface area contributed by atoms with Gasteiger partial charge in [-0.25, -0.2) is 0 Å². The van der Waals surface area contributed by atoms with Gasteiger partial charge in [0, 0.05) is 18.2 Å². The molecule has 0 aliphatic carbocycles. The number of halogens is 1. The van der Waals surface area contributed by atoms with Crippen LogP contribution < -0.4 is 5.32 Å². The molecule has 0 radical (unpaired) electrons. The Morgan fingerprint density at radius 3 is 2.75 bits per heavy atom. The maximum Gasteiger partial charge on any atom is 0.0558 e. The number of ether oxygens (including phenoxy) is 1. The molecule has 0 amide bonds. The Morgan fingerprint density at radius 1 is 1.44 bits per heavy atom. The zero-order valence-corrected chi connectivity index (χ0v) is 10.9. The van der Waals surface area contributed by atoms with Crippen LogP contribution >= 0.6 is 11.6 Å². The molecule has 2 unspecified atom stereocenters. The Morgan fingerprint density at radius 2 is 2.19 bits per heavy atom. The third kappa shape index (κ3) is 4.52. The lowest BCUT2D eigenvalue weighted by atomic mass is 10.0. The Kier molecular flexibility index (Phi) is 5.81. The van der Waals surface area contributed by atoms with E-state index in [2.05, 4.69) is 18.3 Å². The van der Waals surface area contributed by atoms with Gasteiger partial charge in [-0.2, -0.15) is 0 Å². The fourth-order valence-corrected chi connectivity index (χ4v) is 1.96. The van der Waals surface area contributed by atoms with Crippen molar-refractivity contribution in [1.29, 1.82) is 0 Å². The van der Waals surface area contributed by atoms with Crippen molar-refractivity contribution in [2.24, 2.45) is 0 Å². The molecule has 0 aliphatic heterocycles. The Bertz CT molecular complexity index is 317. The van der Waals surface area contributed by atoms with Gasteiger partial charge in [0.05, 0.1) is 6.10 Å². The molecule has 0 saturated heterocycles. The second-order valence-corrected chi connectivity index (χ2v) is 4.54. The van der Waals surface area contributed by atoms with Crippen LogP contribution in [0, 0.1) is 0 Å². The minimum absolute atomic E-state index is 0.275. The second-order valence-electron chi connectivity index (χ2n) is 4.10. The molecule has 0 spiro atoms. The van der Waals surface area contributed by atoms with E-state index in [1.807, 2.05) is 25.2 Å². The maximum absolute atomic E-state index is 5.96. The molecule has 0 bridgehead atoms. The van der Waals surface area contributed by atoms with Crippen molar-refractivity contribution in [2.75, 3.05) is 14.2 Å². The molecule has 1 rings (SSSR count). The zero-order chi connectivity index (χ0) is 12.0. The number of hydrogen-bond donors (Lipinski definition) is 1. The minimum Gasteiger partial charge on any atom is -0.382 e. The number of hydrogen-bond acceptors (Lipinski definition) is 2. The van der Waals surface area contributed by atoms with Crippen LogP contribution in [-0.2, 0) is 11.2 Å². The number of benzene rings is 1. The highest BCUT2D eigenvalue weighted by molar-refractivity contribution is 6.30. The lowest BCUT2D eigenvalue weighted by Gasteiger charge is -2.19. The van der Waals surface area contributed by atoms with E-state index in [9.17, 15) is 0 Å². The summed E-state index contributed by atoms with van der Waals surface area (Å²) in [7, 11) is 3.73. The van der Waals surface area contributed by atoms with Crippen LogP contribution in [0.25, 0.3) is 0 Å². The summed E-state index contributed by atoms with van der Waals surface area (Å²) in [5, 5.41) is 4.11. The predicted molar refractivity (Wildman–Crippen MR) is 69.1 cm³/mol. The normalized spacial score (nSPS) is 14.8. The van der Waals surface area contributed by atoms with Crippen molar-refractivity contribution >= 4 is 11.6 Å². The zero-order valence-electron chi connectivity index (χ0n) is 10.2. The molecular formula is C13H20ClNO. The molecule has 1 aromatic rings. The van der Waals surface area contributed by atoms with E-state index in [1.165, 1.54) is 5.56 Å². The van der Waals surface area contributed by atoms with Crippen LogP contribution in [0.2, 0.25) is 5.02 Å². The molecule has 0 aromatic heterocycles. The lowest BCUT2D eigenvalue weighted by Crippen LogP contribution is -2.31. The van der Waals surface area contributed by atoms with Gasteiger partial charge in [0.25, 0.3) is 0 Å². The van der Waals surface area contributed by atoms with E-state index in [4.69, 9.17) is 16.3 Å². The highest BCUT2D eigenvalue weighted by Crippen LogP contribution is 2.14. The lowest BCUT2D eigenvalue weighted by molar-refractivity contribution is 0.101. The van der Waals surface area contributed by atoms with E-state index < -0.39 is 0 Å². The third-order valence-electron chi connectivity index (χ3n) is 2.80. The van der Waals surface area contributed by atoms with Crippen LogP contribution in [0.5, 0.6) is 0 Å². The molecule has 0 aliphatic rings. The van der Waals surface area contributed by atoms with Crippen LogP contribution in [-0.4, -0.2) is 26.3 Å². The van der Waals surface area contributed by atoms with Crippen molar-refractivity contribution in [1.82, 2.24) is 5.32 Å². The molecule has 16 heavy (non-hydrogen) atoms. The highest BCUT2D eigenvalue weighted by atomic mass is 35.5. The van der Waals surface area contributed by atoms with E-state index >= 15 is 0 Å². The van der Waals surface area contributed by atoms with Crippen molar-refractivity contribution in [3.8, 4) is 0 Å². The van der Waals surface area contributed by atoms with Gasteiger partial charge < -0.3 is 10.1 Å². The van der Waals surface area contributed by atoms with Crippen LogP contribution in [0.1, 0.15) is 18.9 Å². The van der Waals surface area contributed by atoms with Gasteiger partial charge in [0.15, 0.2) is 0 Å². The minimum atomic E-state index is 0.275. The van der Waals surface area contributed by atoms with Gasteiger partial charge in [-0.3, -0.25) is 0 Å². The van der Waals surface area contributed by atoms with Crippen molar-refractivity contribution in [3.05, 3.63) is 34.9 Å². The summed E-state index contributed by atoms with van der Waals surface area (Å²) in [6, 6.07) is 8.44. The van der Waals surface area contributed by atoms with Crippen LogP contribution in [0.15, 0.2) is 24.3 Å². The summed E-state index contributed by atoms with van der Waals surface area (Å²) in [6.45, 7) is 2.09. The summed E-state index contributed by atoms with van der Waals surface area (Å²) >= 11 is 5.96. The van der Waals surface area contributed by atoms with E-state index in [0.29, 0.717) is 6.04 Å². The van der Waals surface area contributed by atoms with Crippen LogP contribution in [0.3, 0.4) is 0 Å². The molecule has 3 heteroatoms. The van der Waals surface area contributed by atoms with Crippen LogP contribution in [0.4, 0.5) is 0 Å². The van der Waals surface area contributed by atoms with Crippen molar-refractivity contribution in [3.63, 3.8) is 0 Å². The first-order valence-corrected chi connectivity index (χ1v) is 5.98. The molecule has 90 valence electrons. The van der Waals surface area contributed by atoms with Gasteiger partial charge in [-0.1, -0.05) is 23.7 Å². The number of methoxy groups -OCH3 is 1. The average Bonchev–Trinajstić information content (AvgIpc) is 2.28. The third-order valence-corrected chi connectivity index (χ3v) is 3.03. The Labute approximate surface area is 103 Å². The molecule has 1 aromatic carbocycles. The molecule has 1 N–H and O–H groups in total. The summed E-state index contributed by atoms with van der Waals surface area (Å²) in [4.78, 5) is 0. The molecule has 0 heterocycles. The summed E-state index contributed by atoms with van der Waals surface area (Å²) in [6.07, 6.45) is 2.25. The largest absolute Gasteiger partial charge is 0.382 e. The monoisotopic (exact) mass is 241 g/mol. The Hall–Kier alpha value is -0.570. The maximum atomic E-state index is 5.96. The van der Waals surface area contributed by atoms with Gasteiger partial charge in [-0.15, -0.1) is 0 Å². The summed E-state index contributed by atoms with van der Waals surface area (Å²) in [5.41, 5.74) is 1.26. The quantitative estimate of drug-likeness (QED) is 0.827. The predicted octanol–water partition coefficient (Wildman–Crippen LogP) is 2.90. The van der Waals surface area contributed by atoms with Gasteiger partial charge in [-0.05, 0) is 44.5 Å².